The third kappa shape index (κ3) is 3.10. The van der Waals surface area contributed by atoms with Crippen molar-refractivity contribution in [1.82, 2.24) is 0 Å². The summed E-state index contributed by atoms with van der Waals surface area (Å²) in [6, 6.07) is 11.6. The molecule has 1 N–H and O–H groups in total. The van der Waals surface area contributed by atoms with Crippen LogP contribution in [0.15, 0.2) is 46.9 Å². The average molecular weight is 330 g/mol. The zero-order valence-electron chi connectivity index (χ0n) is 9.41. The third-order valence-corrected chi connectivity index (χ3v) is 3.78. The van der Waals surface area contributed by atoms with Gasteiger partial charge in [-0.05, 0) is 35.4 Å². The lowest BCUT2D eigenvalue weighted by atomic mass is 10.0. The first-order valence-corrected chi connectivity index (χ1v) is 6.61. The number of benzene rings is 2. The summed E-state index contributed by atoms with van der Waals surface area (Å²) in [6.45, 7) is 0. The highest BCUT2D eigenvalue weighted by Crippen LogP contribution is 2.28. The molecule has 1 unspecified atom stereocenters. The number of aliphatic hydroxyl groups is 1. The number of hydrogen-bond donors (Lipinski definition) is 1. The van der Waals surface area contributed by atoms with Gasteiger partial charge in [-0.1, -0.05) is 45.7 Å². The minimum Gasteiger partial charge on any atom is -0.388 e. The SMILES string of the molecule is OC(Cc1ccccc1Cl)c1cc(F)ccc1Br. The Kier molecular flexibility index (Phi) is 4.38. The molecule has 0 aromatic heterocycles. The van der Waals surface area contributed by atoms with E-state index in [0.29, 0.717) is 21.5 Å². The number of halogens is 3. The van der Waals surface area contributed by atoms with E-state index in [0.717, 1.165) is 5.56 Å². The van der Waals surface area contributed by atoms with Crippen LogP contribution < -0.4 is 0 Å². The van der Waals surface area contributed by atoms with Crippen LogP contribution in [0.25, 0.3) is 0 Å². The van der Waals surface area contributed by atoms with Crippen molar-refractivity contribution in [2.75, 3.05) is 0 Å². The molecule has 0 radical (unpaired) electrons. The predicted octanol–water partition coefficient (Wildman–Crippen LogP) is 4.52. The van der Waals surface area contributed by atoms with Crippen LogP contribution >= 0.6 is 27.5 Å². The smallest absolute Gasteiger partial charge is 0.123 e. The van der Waals surface area contributed by atoms with Crippen molar-refractivity contribution in [3.8, 4) is 0 Å². The van der Waals surface area contributed by atoms with Crippen molar-refractivity contribution in [2.24, 2.45) is 0 Å². The van der Waals surface area contributed by atoms with E-state index in [9.17, 15) is 9.50 Å². The second-order valence-corrected chi connectivity index (χ2v) is 5.24. The van der Waals surface area contributed by atoms with Crippen LogP contribution in [-0.4, -0.2) is 5.11 Å². The fourth-order valence-corrected chi connectivity index (χ4v) is 2.48. The maximum atomic E-state index is 13.2. The van der Waals surface area contributed by atoms with Crippen LogP contribution in [0.1, 0.15) is 17.2 Å². The Morgan fingerprint density at radius 2 is 1.94 bits per heavy atom. The normalized spacial score (nSPS) is 12.4. The van der Waals surface area contributed by atoms with Crippen LogP contribution in [0.5, 0.6) is 0 Å². The van der Waals surface area contributed by atoms with Gasteiger partial charge in [0.05, 0.1) is 6.10 Å². The van der Waals surface area contributed by atoms with Crippen molar-refractivity contribution in [3.05, 3.63) is 68.9 Å². The van der Waals surface area contributed by atoms with E-state index in [1.807, 2.05) is 18.2 Å². The second kappa shape index (κ2) is 5.83. The molecule has 0 saturated heterocycles. The molecule has 0 aliphatic carbocycles. The highest BCUT2D eigenvalue weighted by molar-refractivity contribution is 9.10. The molecule has 0 aliphatic rings. The van der Waals surface area contributed by atoms with Crippen LogP contribution in [0.3, 0.4) is 0 Å². The lowest BCUT2D eigenvalue weighted by molar-refractivity contribution is 0.177. The van der Waals surface area contributed by atoms with Crippen molar-refractivity contribution >= 4 is 27.5 Å². The van der Waals surface area contributed by atoms with Crippen molar-refractivity contribution in [1.29, 1.82) is 0 Å². The van der Waals surface area contributed by atoms with E-state index < -0.39 is 6.10 Å². The molecule has 0 spiro atoms. The maximum Gasteiger partial charge on any atom is 0.123 e. The Hall–Kier alpha value is -0.900. The summed E-state index contributed by atoms with van der Waals surface area (Å²) in [5, 5.41) is 10.7. The second-order valence-electron chi connectivity index (χ2n) is 3.98. The van der Waals surface area contributed by atoms with E-state index in [1.165, 1.54) is 12.1 Å². The van der Waals surface area contributed by atoms with Gasteiger partial charge in [0, 0.05) is 15.9 Å². The fourth-order valence-electron chi connectivity index (χ4n) is 1.75. The Morgan fingerprint density at radius 1 is 1.22 bits per heavy atom. The van der Waals surface area contributed by atoms with Crippen molar-refractivity contribution < 1.29 is 9.50 Å². The lowest BCUT2D eigenvalue weighted by Gasteiger charge is -2.14. The largest absolute Gasteiger partial charge is 0.388 e. The van der Waals surface area contributed by atoms with Crippen LogP contribution in [0.4, 0.5) is 4.39 Å². The molecule has 0 amide bonds. The summed E-state index contributed by atoms with van der Waals surface area (Å²) in [4.78, 5) is 0. The summed E-state index contributed by atoms with van der Waals surface area (Å²) in [6.07, 6.45) is -0.447. The van der Waals surface area contributed by atoms with Gasteiger partial charge in [-0.25, -0.2) is 4.39 Å². The molecular formula is C14H11BrClFO. The molecule has 0 heterocycles. The van der Waals surface area contributed by atoms with Gasteiger partial charge in [-0.3, -0.25) is 0 Å². The molecule has 18 heavy (non-hydrogen) atoms. The molecule has 2 aromatic rings. The van der Waals surface area contributed by atoms with E-state index in [2.05, 4.69) is 15.9 Å². The fraction of sp³-hybridized carbons (Fsp3) is 0.143. The van der Waals surface area contributed by atoms with Gasteiger partial charge >= 0.3 is 0 Å². The summed E-state index contributed by atoms with van der Waals surface area (Å²) >= 11 is 9.33. The number of aliphatic hydroxyl groups excluding tert-OH is 1. The van der Waals surface area contributed by atoms with Crippen LogP contribution in [0, 0.1) is 5.82 Å². The van der Waals surface area contributed by atoms with Gasteiger partial charge in [0.2, 0.25) is 0 Å². The van der Waals surface area contributed by atoms with Gasteiger partial charge < -0.3 is 5.11 Å². The molecule has 2 aromatic carbocycles. The first-order chi connectivity index (χ1) is 8.58. The zero-order chi connectivity index (χ0) is 13.1. The highest BCUT2D eigenvalue weighted by atomic mass is 79.9. The minimum atomic E-state index is -0.796. The van der Waals surface area contributed by atoms with Gasteiger partial charge in [0.15, 0.2) is 0 Å². The highest BCUT2D eigenvalue weighted by Gasteiger charge is 2.14. The topological polar surface area (TPSA) is 20.2 Å². The molecular weight excluding hydrogens is 319 g/mol. The van der Waals surface area contributed by atoms with Gasteiger partial charge in [0.1, 0.15) is 5.82 Å². The molecule has 0 saturated carbocycles. The van der Waals surface area contributed by atoms with Crippen molar-refractivity contribution in [2.45, 2.75) is 12.5 Å². The van der Waals surface area contributed by atoms with Gasteiger partial charge in [-0.2, -0.15) is 0 Å². The third-order valence-electron chi connectivity index (χ3n) is 2.69. The van der Waals surface area contributed by atoms with Crippen molar-refractivity contribution in [3.63, 3.8) is 0 Å². The molecule has 0 bridgehead atoms. The van der Waals surface area contributed by atoms with E-state index >= 15 is 0 Å². The summed E-state index contributed by atoms with van der Waals surface area (Å²) in [7, 11) is 0. The summed E-state index contributed by atoms with van der Waals surface area (Å²) in [5.41, 5.74) is 1.36. The Morgan fingerprint density at radius 3 is 2.67 bits per heavy atom. The Bertz CT molecular complexity index is 559. The van der Waals surface area contributed by atoms with E-state index in [4.69, 9.17) is 11.6 Å². The molecule has 1 atom stereocenters. The quantitative estimate of drug-likeness (QED) is 0.878. The first kappa shape index (κ1) is 13.5. The molecule has 4 heteroatoms. The maximum absolute atomic E-state index is 13.2. The van der Waals surface area contributed by atoms with Crippen LogP contribution in [-0.2, 0) is 6.42 Å². The Balaban J connectivity index is 2.25. The van der Waals surface area contributed by atoms with Gasteiger partial charge in [0.25, 0.3) is 0 Å². The number of hydrogen-bond acceptors (Lipinski definition) is 1. The number of rotatable bonds is 3. The molecule has 0 aliphatic heterocycles. The monoisotopic (exact) mass is 328 g/mol. The van der Waals surface area contributed by atoms with E-state index in [-0.39, 0.29) is 5.82 Å². The van der Waals surface area contributed by atoms with Crippen LogP contribution in [0.2, 0.25) is 5.02 Å². The average Bonchev–Trinajstić information content (AvgIpc) is 2.35. The molecule has 1 nitrogen and oxygen atoms in total. The molecule has 2 rings (SSSR count). The van der Waals surface area contributed by atoms with Gasteiger partial charge in [-0.15, -0.1) is 0 Å². The summed E-state index contributed by atoms with van der Waals surface area (Å²) < 4.78 is 13.9. The summed E-state index contributed by atoms with van der Waals surface area (Å²) in [5.74, 6) is -0.369. The zero-order valence-corrected chi connectivity index (χ0v) is 11.7. The molecule has 94 valence electrons. The first-order valence-electron chi connectivity index (χ1n) is 5.44. The van der Waals surface area contributed by atoms with E-state index in [1.54, 1.807) is 12.1 Å². The minimum absolute atomic E-state index is 0.349. The predicted molar refractivity (Wildman–Crippen MR) is 74.2 cm³/mol. The lowest BCUT2D eigenvalue weighted by Crippen LogP contribution is -2.03. The Labute approximate surface area is 118 Å². The standard InChI is InChI=1S/C14H11BrClFO/c15-12-6-5-10(17)8-11(12)14(18)7-9-3-1-2-4-13(9)16/h1-6,8,14,18H,7H2. The molecule has 0 fully saturated rings.